The van der Waals surface area contributed by atoms with E-state index in [9.17, 15) is 5.11 Å². The summed E-state index contributed by atoms with van der Waals surface area (Å²) >= 11 is 0. The standard InChI is InChI=1S/C34H36O6/c35-21-30-31(36-22-26-13-5-1-6-14-26)32(37-23-27-15-7-2-8-16-27)33(38-24-28-17-9-3-10-18-28)34(40-30)39-25-29-19-11-4-12-20-29/h1-20,30-35H,21-25H2/t30?,31-,32-,33+,34-/m0/s1. The molecule has 0 bridgehead atoms. The van der Waals surface area contributed by atoms with E-state index in [0.717, 1.165) is 22.3 Å². The second kappa shape index (κ2) is 14.9. The highest BCUT2D eigenvalue weighted by atomic mass is 16.7. The minimum Gasteiger partial charge on any atom is -0.394 e. The third kappa shape index (κ3) is 7.86. The molecule has 0 saturated carbocycles. The topological polar surface area (TPSA) is 66.4 Å². The van der Waals surface area contributed by atoms with Gasteiger partial charge in [-0.3, -0.25) is 0 Å². The molecule has 40 heavy (non-hydrogen) atoms. The fourth-order valence-electron chi connectivity index (χ4n) is 4.78. The molecule has 1 aliphatic heterocycles. The van der Waals surface area contributed by atoms with Crippen molar-refractivity contribution >= 4 is 0 Å². The van der Waals surface area contributed by atoms with Crippen LogP contribution in [0.1, 0.15) is 22.3 Å². The molecular weight excluding hydrogens is 504 g/mol. The largest absolute Gasteiger partial charge is 0.394 e. The minimum absolute atomic E-state index is 0.249. The predicted molar refractivity (Wildman–Crippen MR) is 152 cm³/mol. The van der Waals surface area contributed by atoms with Crippen molar-refractivity contribution in [3.63, 3.8) is 0 Å². The van der Waals surface area contributed by atoms with Gasteiger partial charge in [-0.05, 0) is 22.3 Å². The Labute approximate surface area is 236 Å². The number of benzene rings is 4. The molecule has 1 unspecified atom stereocenters. The van der Waals surface area contributed by atoms with E-state index in [4.69, 9.17) is 23.7 Å². The summed E-state index contributed by atoms with van der Waals surface area (Å²) in [6.45, 7) is 1.13. The number of rotatable bonds is 13. The van der Waals surface area contributed by atoms with Crippen LogP contribution in [0, 0.1) is 0 Å². The summed E-state index contributed by atoms with van der Waals surface area (Å²) in [6.07, 6.45) is -3.22. The predicted octanol–water partition coefficient (Wildman–Crippen LogP) is 5.68. The lowest BCUT2D eigenvalue weighted by molar-refractivity contribution is -0.329. The van der Waals surface area contributed by atoms with Crippen molar-refractivity contribution < 1.29 is 28.8 Å². The number of hydrogen-bond acceptors (Lipinski definition) is 6. The average Bonchev–Trinajstić information content (AvgIpc) is 3.03. The molecule has 0 aromatic heterocycles. The van der Waals surface area contributed by atoms with Crippen molar-refractivity contribution in [1.29, 1.82) is 0 Å². The Morgan fingerprint density at radius 1 is 0.450 bits per heavy atom. The van der Waals surface area contributed by atoms with E-state index in [1.165, 1.54) is 0 Å². The monoisotopic (exact) mass is 540 g/mol. The van der Waals surface area contributed by atoms with Crippen molar-refractivity contribution in [3.05, 3.63) is 144 Å². The average molecular weight is 541 g/mol. The molecule has 0 aliphatic carbocycles. The van der Waals surface area contributed by atoms with Crippen LogP contribution in [-0.2, 0) is 50.1 Å². The molecule has 5 rings (SSSR count). The Balaban J connectivity index is 1.41. The zero-order chi connectivity index (χ0) is 27.4. The zero-order valence-electron chi connectivity index (χ0n) is 22.5. The summed E-state index contributed by atoms with van der Waals surface area (Å²) in [7, 11) is 0. The van der Waals surface area contributed by atoms with Gasteiger partial charge in [0, 0.05) is 0 Å². The van der Waals surface area contributed by atoms with Gasteiger partial charge in [-0.2, -0.15) is 0 Å². The van der Waals surface area contributed by atoms with Crippen LogP contribution in [0.5, 0.6) is 0 Å². The minimum atomic E-state index is -0.779. The van der Waals surface area contributed by atoms with E-state index in [0.29, 0.717) is 26.4 Å². The molecule has 1 heterocycles. The molecule has 6 heteroatoms. The maximum absolute atomic E-state index is 10.4. The van der Waals surface area contributed by atoms with Crippen LogP contribution in [0.15, 0.2) is 121 Å². The van der Waals surface area contributed by atoms with Crippen LogP contribution in [0.25, 0.3) is 0 Å². The van der Waals surface area contributed by atoms with Gasteiger partial charge in [-0.25, -0.2) is 0 Å². The van der Waals surface area contributed by atoms with Crippen molar-refractivity contribution in [1.82, 2.24) is 0 Å². The third-order valence-corrected chi connectivity index (χ3v) is 6.88. The van der Waals surface area contributed by atoms with Crippen LogP contribution in [-0.4, -0.2) is 42.4 Å². The second-order valence-corrected chi connectivity index (χ2v) is 9.81. The molecule has 0 amide bonds. The number of ether oxygens (including phenoxy) is 5. The van der Waals surface area contributed by atoms with Crippen molar-refractivity contribution in [2.75, 3.05) is 6.61 Å². The van der Waals surface area contributed by atoms with Gasteiger partial charge in [0.15, 0.2) is 6.29 Å². The maximum Gasteiger partial charge on any atom is 0.187 e. The lowest BCUT2D eigenvalue weighted by Gasteiger charge is -2.45. The van der Waals surface area contributed by atoms with Gasteiger partial charge in [0.25, 0.3) is 0 Å². The summed E-state index contributed by atoms with van der Waals surface area (Å²) in [6, 6.07) is 39.8. The Morgan fingerprint density at radius 3 is 1.20 bits per heavy atom. The van der Waals surface area contributed by atoms with Crippen molar-refractivity contribution in [2.24, 2.45) is 0 Å². The Morgan fingerprint density at radius 2 is 0.800 bits per heavy atom. The van der Waals surface area contributed by atoms with E-state index in [-0.39, 0.29) is 6.61 Å². The van der Waals surface area contributed by atoms with E-state index < -0.39 is 30.7 Å². The fraction of sp³-hybridized carbons (Fsp3) is 0.294. The molecule has 5 atom stereocenters. The first kappa shape index (κ1) is 28.2. The molecule has 208 valence electrons. The Hall–Kier alpha value is -3.36. The van der Waals surface area contributed by atoms with E-state index in [1.807, 2.05) is 121 Å². The Kier molecular flexibility index (Phi) is 10.5. The van der Waals surface area contributed by atoms with Gasteiger partial charge in [0.2, 0.25) is 0 Å². The molecule has 1 aliphatic rings. The van der Waals surface area contributed by atoms with E-state index in [2.05, 4.69) is 0 Å². The van der Waals surface area contributed by atoms with Crippen LogP contribution < -0.4 is 0 Å². The lowest BCUT2D eigenvalue weighted by Crippen LogP contribution is -2.61. The summed E-state index contributed by atoms with van der Waals surface area (Å²) in [4.78, 5) is 0. The highest BCUT2D eigenvalue weighted by Crippen LogP contribution is 2.31. The first-order valence-electron chi connectivity index (χ1n) is 13.7. The maximum atomic E-state index is 10.4. The normalized spacial score (nSPS) is 22.7. The molecule has 1 fully saturated rings. The molecule has 1 N–H and O–H groups in total. The smallest absolute Gasteiger partial charge is 0.187 e. The summed E-state index contributed by atoms with van der Waals surface area (Å²) < 4.78 is 32.1. The Bertz CT molecular complexity index is 1240. The van der Waals surface area contributed by atoms with Gasteiger partial charge < -0.3 is 28.8 Å². The highest BCUT2D eigenvalue weighted by Gasteiger charge is 2.48. The molecule has 0 radical (unpaired) electrons. The molecule has 1 saturated heterocycles. The summed E-state index contributed by atoms with van der Waals surface area (Å²) in [5.74, 6) is 0. The number of aliphatic hydroxyl groups is 1. The molecular formula is C34H36O6. The quantitative estimate of drug-likeness (QED) is 0.236. The summed E-state index contributed by atoms with van der Waals surface area (Å²) in [5, 5.41) is 10.4. The van der Waals surface area contributed by atoms with Gasteiger partial charge in [-0.15, -0.1) is 0 Å². The van der Waals surface area contributed by atoms with Crippen LogP contribution >= 0.6 is 0 Å². The van der Waals surface area contributed by atoms with Gasteiger partial charge in [0.1, 0.15) is 24.4 Å². The number of aliphatic hydroxyl groups excluding tert-OH is 1. The van der Waals surface area contributed by atoms with Gasteiger partial charge >= 0.3 is 0 Å². The molecule has 4 aromatic rings. The lowest BCUT2D eigenvalue weighted by atomic mass is 9.97. The first-order valence-corrected chi connectivity index (χ1v) is 13.7. The highest BCUT2D eigenvalue weighted by molar-refractivity contribution is 5.16. The second-order valence-electron chi connectivity index (χ2n) is 9.81. The van der Waals surface area contributed by atoms with Crippen LogP contribution in [0.3, 0.4) is 0 Å². The summed E-state index contributed by atoms with van der Waals surface area (Å²) in [5.41, 5.74) is 4.08. The van der Waals surface area contributed by atoms with E-state index >= 15 is 0 Å². The van der Waals surface area contributed by atoms with Gasteiger partial charge in [0.05, 0.1) is 33.0 Å². The molecule has 4 aromatic carbocycles. The van der Waals surface area contributed by atoms with Gasteiger partial charge in [-0.1, -0.05) is 121 Å². The molecule has 6 nitrogen and oxygen atoms in total. The van der Waals surface area contributed by atoms with Crippen molar-refractivity contribution in [3.8, 4) is 0 Å². The van der Waals surface area contributed by atoms with Crippen LogP contribution in [0.4, 0.5) is 0 Å². The SMILES string of the molecule is OCC1O[C@H](OCc2ccccc2)[C@H](OCc2ccccc2)[C@@H](OCc2ccccc2)[C@H]1OCc1ccccc1. The molecule has 0 spiro atoms. The first-order chi connectivity index (χ1) is 19.8. The fourth-order valence-corrected chi connectivity index (χ4v) is 4.78. The number of hydrogen-bond donors (Lipinski definition) is 1. The zero-order valence-corrected chi connectivity index (χ0v) is 22.5. The third-order valence-electron chi connectivity index (χ3n) is 6.88. The van der Waals surface area contributed by atoms with E-state index in [1.54, 1.807) is 0 Å². The van der Waals surface area contributed by atoms with Crippen LogP contribution in [0.2, 0.25) is 0 Å². The van der Waals surface area contributed by atoms with Crippen molar-refractivity contribution in [2.45, 2.75) is 57.1 Å².